The number of carbonyl (C=O) groups excluding carboxylic acids is 2. The quantitative estimate of drug-likeness (QED) is 0.328. The van der Waals surface area contributed by atoms with E-state index in [0.717, 1.165) is 4.88 Å². The van der Waals surface area contributed by atoms with Crippen molar-refractivity contribution in [3.05, 3.63) is 75.5 Å². The summed E-state index contributed by atoms with van der Waals surface area (Å²) in [6, 6.07) is 7.79. The molecular weight excluding hydrogens is 438 g/mol. The summed E-state index contributed by atoms with van der Waals surface area (Å²) in [5.74, 6) is -1.29. The fraction of sp³-hybridized carbons (Fsp3) is 0.227. The molecule has 1 aromatic carbocycles. The number of aliphatic hydroxyl groups is 1. The van der Waals surface area contributed by atoms with E-state index in [9.17, 15) is 14.7 Å². The molecule has 3 heterocycles. The normalized spacial score (nSPS) is 18.0. The smallest absolute Gasteiger partial charge is 0.295 e. The molecule has 3 aromatic rings. The number of aromatic nitrogens is 2. The van der Waals surface area contributed by atoms with E-state index in [-0.39, 0.29) is 16.9 Å². The number of hydrogen-bond acceptors (Lipinski definition) is 6. The summed E-state index contributed by atoms with van der Waals surface area (Å²) < 4.78 is 7.24. The summed E-state index contributed by atoms with van der Waals surface area (Å²) in [5.41, 5.74) is 0.309. The molecular formula is C22H20ClN3O4S. The second-order valence-electron chi connectivity index (χ2n) is 7.01. The molecule has 1 aliphatic rings. The Balaban J connectivity index is 1.74. The van der Waals surface area contributed by atoms with Crippen molar-refractivity contribution < 1.29 is 19.4 Å². The van der Waals surface area contributed by atoms with Crippen LogP contribution in [0.15, 0.2) is 60.0 Å². The molecule has 160 valence electrons. The van der Waals surface area contributed by atoms with E-state index in [1.165, 1.54) is 29.4 Å². The van der Waals surface area contributed by atoms with E-state index in [1.54, 1.807) is 24.7 Å². The van der Waals surface area contributed by atoms with E-state index < -0.39 is 17.7 Å². The number of carbonyl (C=O) groups is 2. The molecule has 0 unspecified atom stereocenters. The highest BCUT2D eigenvalue weighted by molar-refractivity contribution is 7.10. The fourth-order valence-corrected chi connectivity index (χ4v) is 4.72. The van der Waals surface area contributed by atoms with Crippen LogP contribution in [0.4, 0.5) is 0 Å². The molecule has 31 heavy (non-hydrogen) atoms. The average Bonchev–Trinajstić information content (AvgIpc) is 3.52. The van der Waals surface area contributed by atoms with Gasteiger partial charge in [0.1, 0.15) is 11.5 Å². The van der Waals surface area contributed by atoms with Crippen molar-refractivity contribution in [1.82, 2.24) is 14.5 Å². The number of imidazole rings is 1. The highest BCUT2D eigenvalue weighted by Gasteiger charge is 2.46. The molecule has 1 aliphatic heterocycles. The summed E-state index contributed by atoms with van der Waals surface area (Å²) in [7, 11) is 1.46. The number of aliphatic hydroxyl groups excluding tert-OH is 1. The van der Waals surface area contributed by atoms with Crippen LogP contribution in [0.3, 0.4) is 0 Å². The third-order valence-electron chi connectivity index (χ3n) is 5.14. The van der Waals surface area contributed by atoms with Crippen LogP contribution in [-0.4, -0.2) is 44.9 Å². The standard InChI is InChI=1S/C22H20ClN3O4S/c1-30-16-6-5-14(23)12-15(16)20(27)18-19(17-4-2-11-31-17)26(22(29)21(18)28)9-3-8-25-10-7-24-13-25/h2,4-7,10-13,19,27H,3,8-9H2,1H3/t19-/m0/s1. The molecule has 1 saturated heterocycles. The lowest BCUT2D eigenvalue weighted by atomic mass is 9.99. The molecule has 9 heteroatoms. The summed E-state index contributed by atoms with van der Waals surface area (Å²) in [6.07, 6.45) is 5.87. The van der Waals surface area contributed by atoms with Crippen molar-refractivity contribution in [3.8, 4) is 5.75 Å². The molecule has 0 saturated carbocycles. The number of ketones is 1. The molecule has 0 spiro atoms. The van der Waals surface area contributed by atoms with Crippen molar-refractivity contribution in [1.29, 1.82) is 0 Å². The summed E-state index contributed by atoms with van der Waals surface area (Å²) in [5, 5.41) is 13.4. The molecule has 1 atom stereocenters. The Labute approximate surface area is 188 Å². The highest BCUT2D eigenvalue weighted by atomic mass is 35.5. The van der Waals surface area contributed by atoms with E-state index in [1.807, 2.05) is 28.3 Å². The van der Waals surface area contributed by atoms with Gasteiger partial charge in [0.25, 0.3) is 11.7 Å². The van der Waals surface area contributed by atoms with Crippen molar-refractivity contribution in [2.24, 2.45) is 0 Å². The third kappa shape index (κ3) is 4.08. The minimum Gasteiger partial charge on any atom is -0.507 e. The van der Waals surface area contributed by atoms with E-state index in [2.05, 4.69) is 4.98 Å². The number of hydrogen-bond donors (Lipinski definition) is 1. The lowest BCUT2D eigenvalue weighted by molar-refractivity contribution is -0.139. The first-order chi connectivity index (χ1) is 15.0. The number of Topliss-reactive ketones (excluding diaryl/α,β-unsaturated/α-hetero) is 1. The number of ether oxygens (including phenoxy) is 1. The van der Waals surface area contributed by atoms with Crippen molar-refractivity contribution >= 4 is 40.4 Å². The number of rotatable bonds is 7. The predicted octanol–water partition coefficient (Wildman–Crippen LogP) is 4.12. The Hall–Kier alpha value is -3.10. The maximum absolute atomic E-state index is 13.0. The maximum Gasteiger partial charge on any atom is 0.295 e. The molecule has 0 bridgehead atoms. The first-order valence-corrected chi connectivity index (χ1v) is 10.9. The van der Waals surface area contributed by atoms with Gasteiger partial charge in [-0.1, -0.05) is 17.7 Å². The summed E-state index contributed by atoms with van der Waals surface area (Å²) in [6.45, 7) is 1.01. The van der Waals surface area contributed by atoms with Gasteiger partial charge in [-0.3, -0.25) is 9.59 Å². The zero-order valence-electron chi connectivity index (χ0n) is 16.7. The number of aryl methyl sites for hydroxylation is 1. The predicted molar refractivity (Wildman–Crippen MR) is 118 cm³/mol. The molecule has 1 fully saturated rings. The largest absolute Gasteiger partial charge is 0.507 e. The van der Waals surface area contributed by atoms with Gasteiger partial charge in [0.15, 0.2) is 0 Å². The van der Waals surface area contributed by atoms with Crippen LogP contribution in [0.5, 0.6) is 5.75 Å². The van der Waals surface area contributed by atoms with Gasteiger partial charge < -0.3 is 19.3 Å². The number of likely N-dealkylation sites (tertiary alicyclic amines) is 1. The number of methoxy groups -OCH3 is 1. The third-order valence-corrected chi connectivity index (χ3v) is 6.30. The lowest BCUT2D eigenvalue weighted by Gasteiger charge is -2.24. The van der Waals surface area contributed by atoms with Gasteiger partial charge in [-0.15, -0.1) is 11.3 Å². The number of nitrogens with zero attached hydrogens (tertiary/aromatic N) is 3. The van der Waals surface area contributed by atoms with Gasteiger partial charge in [0.2, 0.25) is 0 Å². The second-order valence-corrected chi connectivity index (χ2v) is 8.42. The van der Waals surface area contributed by atoms with Gasteiger partial charge in [-0.05, 0) is 36.1 Å². The number of halogens is 1. The van der Waals surface area contributed by atoms with Crippen LogP contribution in [0.25, 0.3) is 5.76 Å². The van der Waals surface area contributed by atoms with Gasteiger partial charge in [0, 0.05) is 35.4 Å². The zero-order chi connectivity index (χ0) is 22.0. The first-order valence-electron chi connectivity index (χ1n) is 9.62. The van der Waals surface area contributed by atoms with E-state index in [4.69, 9.17) is 16.3 Å². The number of benzene rings is 1. The van der Waals surface area contributed by atoms with Gasteiger partial charge >= 0.3 is 0 Å². The molecule has 4 rings (SSSR count). The average molecular weight is 458 g/mol. The number of amides is 1. The molecule has 1 N–H and O–H groups in total. The Morgan fingerprint density at radius 1 is 1.29 bits per heavy atom. The zero-order valence-corrected chi connectivity index (χ0v) is 18.3. The molecule has 7 nitrogen and oxygen atoms in total. The van der Waals surface area contributed by atoms with Crippen LogP contribution >= 0.6 is 22.9 Å². The van der Waals surface area contributed by atoms with Crippen molar-refractivity contribution in [3.63, 3.8) is 0 Å². The summed E-state index contributed by atoms with van der Waals surface area (Å²) in [4.78, 5) is 32.3. The van der Waals surface area contributed by atoms with Crippen molar-refractivity contribution in [2.45, 2.75) is 19.0 Å². The van der Waals surface area contributed by atoms with Crippen molar-refractivity contribution in [2.75, 3.05) is 13.7 Å². The first kappa shape index (κ1) is 21.1. The molecule has 1 amide bonds. The topological polar surface area (TPSA) is 84.7 Å². The Morgan fingerprint density at radius 2 is 2.13 bits per heavy atom. The molecule has 0 aliphatic carbocycles. The lowest BCUT2D eigenvalue weighted by Crippen LogP contribution is -2.31. The van der Waals surface area contributed by atoms with Crippen LogP contribution in [0.2, 0.25) is 5.02 Å². The summed E-state index contributed by atoms with van der Waals surface area (Å²) >= 11 is 7.54. The second kappa shape index (κ2) is 8.95. The minimum atomic E-state index is -0.722. The highest BCUT2D eigenvalue weighted by Crippen LogP contribution is 2.42. The Bertz CT molecular complexity index is 1130. The van der Waals surface area contributed by atoms with Crippen LogP contribution in [0.1, 0.15) is 22.9 Å². The fourth-order valence-electron chi connectivity index (χ4n) is 3.71. The van der Waals surface area contributed by atoms with E-state index in [0.29, 0.717) is 30.3 Å². The number of thiophene rings is 1. The van der Waals surface area contributed by atoms with Gasteiger partial charge in [-0.25, -0.2) is 4.98 Å². The Kier molecular flexibility index (Phi) is 6.11. The SMILES string of the molecule is COc1ccc(Cl)cc1C(O)=C1C(=O)C(=O)N(CCCn2ccnc2)[C@H]1c1cccs1. The van der Waals surface area contributed by atoms with E-state index >= 15 is 0 Å². The maximum atomic E-state index is 13.0. The van der Waals surface area contributed by atoms with Gasteiger partial charge in [0.05, 0.1) is 30.6 Å². The minimum absolute atomic E-state index is 0.0376. The molecule has 0 radical (unpaired) electrons. The monoisotopic (exact) mass is 457 g/mol. The van der Waals surface area contributed by atoms with Crippen LogP contribution in [-0.2, 0) is 16.1 Å². The Morgan fingerprint density at radius 3 is 2.81 bits per heavy atom. The van der Waals surface area contributed by atoms with Crippen LogP contribution < -0.4 is 4.74 Å². The van der Waals surface area contributed by atoms with Gasteiger partial charge in [-0.2, -0.15) is 0 Å². The van der Waals surface area contributed by atoms with Crippen LogP contribution in [0, 0.1) is 0 Å². The molecule has 2 aromatic heterocycles.